The van der Waals surface area contributed by atoms with Gasteiger partial charge in [0.25, 0.3) is 0 Å². The van der Waals surface area contributed by atoms with Crippen molar-refractivity contribution in [2.75, 3.05) is 0 Å². The highest BCUT2D eigenvalue weighted by Crippen LogP contribution is 2.23. The Morgan fingerprint density at radius 1 is 1.14 bits per heavy atom. The summed E-state index contributed by atoms with van der Waals surface area (Å²) < 4.78 is 0. The van der Waals surface area contributed by atoms with Crippen molar-refractivity contribution in [1.29, 1.82) is 0 Å². The van der Waals surface area contributed by atoms with Gasteiger partial charge in [-0.3, -0.25) is 0 Å². The van der Waals surface area contributed by atoms with E-state index in [1.165, 1.54) is 5.56 Å². The zero-order valence-electron chi connectivity index (χ0n) is 12.2. The van der Waals surface area contributed by atoms with Crippen LogP contribution in [0, 0.1) is 0 Å². The summed E-state index contributed by atoms with van der Waals surface area (Å²) >= 11 is 0. The standard InChI is InChI=1S/C18H16N2O2/c1-2-12-6-8-13(9-7-12)16-11-19-17(20-16)14-4-3-5-15(10-14)18(21)22/h3-11H,2H2,1H3,(H,19,20)(H,21,22). The molecule has 0 spiro atoms. The molecule has 0 bridgehead atoms. The van der Waals surface area contributed by atoms with Gasteiger partial charge in [0, 0.05) is 17.3 Å². The SMILES string of the molecule is CCc1ccc(-c2c[nH]c(-c3cccc(C(=O)O)c3)n2)cc1. The van der Waals surface area contributed by atoms with E-state index < -0.39 is 5.97 Å². The van der Waals surface area contributed by atoms with Crippen LogP contribution in [-0.2, 0) is 6.42 Å². The number of carboxylic acid groups (broad SMARTS) is 1. The van der Waals surface area contributed by atoms with Gasteiger partial charge in [-0.1, -0.05) is 43.3 Å². The fourth-order valence-corrected chi connectivity index (χ4v) is 2.33. The average molecular weight is 292 g/mol. The molecule has 2 aromatic carbocycles. The molecule has 4 nitrogen and oxygen atoms in total. The van der Waals surface area contributed by atoms with Crippen molar-refractivity contribution >= 4 is 5.97 Å². The summed E-state index contributed by atoms with van der Waals surface area (Å²) in [6, 6.07) is 15.0. The van der Waals surface area contributed by atoms with Crippen LogP contribution in [-0.4, -0.2) is 21.0 Å². The maximum atomic E-state index is 11.0. The van der Waals surface area contributed by atoms with Gasteiger partial charge < -0.3 is 10.1 Å². The molecule has 0 saturated carbocycles. The number of aryl methyl sites for hydroxylation is 1. The van der Waals surface area contributed by atoms with Gasteiger partial charge in [0.2, 0.25) is 0 Å². The van der Waals surface area contributed by atoms with Crippen LogP contribution >= 0.6 is 0 Å². The lowest BCUT2D eigenvalue weighted by Gasteiger charge is -2.00. The molecule has 1 aromatic heterocycles. The smallest absolute Gasteiger partial charge is 0.335 e. The minimum Gasteiger partial charge on any atom is -0.478 e. The number of carbonyl (C=O) groups is 1. The topological polar surface area (TPSA) is 66.0 Å². The molecule has 0 saturated heterocycles. The fourth-order valence-electron chi connectivity index (χ4n) is 2.33. The number of nitrogens with zero attached hydrogens (tertiary/aromatic N) is 1. The number of carboxylic acids is 1. The van der Waals surface area contributed by atoms with Crippen LogP contribution in [0.1, 0.15) is 22.8 Å². The first-order chi connectivity index (χ1) is 10.7. The minimum absolute atomic E-state index is 0.253. The number of nitrogens with one attached hydrogen (secondary N) is 1. The maximum absolute atomic E-state index is 11.0. The van der Waals surface area contributed by atoms with Gasteiger partial charge in [0.15, 0.2) is 0 Å². The number of rotatable bonds is 4. The molecule has 3 aromatic rings. The Morgan fingerprint density at radius 2 is 1.91 bits per heavy atom. The second-order valence-corrected chi connectivity index (χ2v) is 5.07. The second kappa shape index (κ2) is 5.85. The van der Waals surface area contributed by atoms with Crippen LogP contribution < -0.4 is 0 Å². The zero-order chi connectivity index (χ0) is 15.5. The summed E-state index contributed by atoms with van der Waals surface area (Å²) in [4.78, 5) is 18.7. The van der Waals surface area contributed by atoms with Crippen molar-refractivity contribution in [2.24, 2.45) is 0 Å². The predicted molar refractivity (Wildman–Crippen MR) is 85.8 cm³/mol. The molecule has 2 N–H and O–H groups in total. The number of aromatic amines is 1. The van der Waals surface area contributed by atoms with Gasteiger partial charge in [-0.25, -0.2) is 9.78 Å². The molecule has 0 unspecified atom stereocenters. The van der Waals surface area contributed by atoms with Gasteiger partial charge in [-0.15, -0.1) is 0 Å². The van der Waals surface area contributed by atoms with Gasteiger partial charge in [-0.2, -0.15) is 0 Å². The van der Waals surface area contributed by atoms with E-state index in [2.05, 4.69) is 29.0 Å². The third-order valence-corrected chi connectivity index (χ3v) is 3.62. The molecule has 4 heteroatoms. The molecule has 0 radical (unpaired) electrons. The van der Waals surface area contributed by atoms with Crippen LogP contribution in [0.5, 0.6) is 0 Å². The highest BCUT2D eigenvalue weighted by molar-refractivity contribution is 5.89. The largest absolute Gasteiger partial charge is 0.478 e. The molecule has 0 aliphatic rings. The van der Waals surface area contributed by atoms with Crippen LogP contribution in [0.25, 0.3) is 22.6 Å². The molecule has 0 fully saturated rings. The van der Waals surface area contributed by atoms with Crippen LogP contribution in [0.15, 0.2) is 54.7 Å². The number of aromatic nitrogens is 2. The van der Waals surface area contributed by atoms with Crippen LogP contribution in [0.3, 0.4) is 0 Å². The van der Waals surface area contributed by atoms with Crippen molar-refractivity contribution in [3.63, 3.8) is 0 Å². The number of imidazole rings is 1. The van der Waals surface area contributed by atoms with E-state index in [0.717, 1.165) is 23.2 Å². The van der Waals surface area contributed by atoms with E-state index >= 15 is 0 Å². The van der Waals surface area contributed by atoms with Gasteiger partial charge in [0.1, 0.15) is 5.82 Å². The highest BCUT2D eigenvalue weighted by atomic mass is 16.4. The molecule has 0 aliphatic heterocycles. The summed E-state index contributed by atoms with van der Waals surface area (Å²) in [5.41, 5.74) is 4.18. The normalized spacial score (nSPS) is 10.6. The lowest BCUT2D eigenvalue weighted by Crippen LogP contribution is -1.96. The minimum atomic E-state index is -0.941. The Labute approximate surface area is 128 Å². The molecule has 110 valence electrons. The molecule has 0 aliphatic carbocycles. The zero-order valence-corrected chi connectivity index (χ0v) is 12.2. The maximum Gasteiger partial charge on any atom is 0.335 e. The molecule has 0 amide bonds. The second-order valence-electron chi connectivity index (χ2n) is 5.07. The number of H-pyrrole nitrogens is 1. The molecular weight excluding hydrogens is 276 g/mol. The molecule has 0 atom stereocenters. The van der Waals surface area contributed by atoms with Gasteiger partial charge >= 0.3 is 5.97 Å². The summed E-state index contributed by atoms with van der Waals surface area (Å²) in [6.45, 7) is 2.12. The quantitative estimate of drug-likeness (QED) is 0.763. The lowest BCUT2D eigenvalue weighted by molar-refractivity contribution is 0.0697. The van der Waals surface area contributed by atoms with Crippen LogP contribution in [0.4, 0.5) is 0 Å². The Bertz CT molecular complexity index is 804. The Morgan fingerprint density at radius 3 is 2.59 bits per heavy atom. The first-order valence-corrected chi connectivity index (χ1v) is 7.16. The lowest BCUT2D eigenvalue weighted by atomic mass is 10.1. The Kier molecular flexibility index (Phi) is 3.74. The summed E-state index contributed by atoms with van der Waals surface area (Å²) in [5.74, 6) is -0.276. The van der Waals surface area contributed by atoms with Crippen molar-refractivity contribution in [3.05, 3.63) is 65.9 Å². The van der Waals surface area contributed by atoms with Crippen molar-refractivity contribution < 1.29 is 9.90 Å². The molecule has 1 heterocycles. The number of aromatic carboxylic acids is 1. The number of hydrogen-bond donors (Lipinski definition) is 2. The number of benzene rings is 2. The van der Waals surface area contributed by atoms with Gasteiger partial charge in [0.05, 0.1) is 11.3 Å². The van der Waals surface area contributed by atoms with Crippen molar-refractivity contribution in [3.8, 4) is 22.6 Å². The van der Waals surface area contributed by atoms with Crippen LogP contribution in [0.2, 0.25) is 0 Å². The van der Waals surface area contributed by atoms with Gasteiger partial charge in [-0.05, 0) is 24.1 Å². The third-order valence-electron chi connectivity index (χ3n) is 3.62. The Balaban J connectivity index is 1.93. The average Bonchev–Trinajstić information content (AvgIpc) is 3.05. The first kappa shape index (κ1) is 14.1. The van der Waals surface area contributed by atoms with E-state index in [1.807, 2.05) is 24.4 Å². The molecular formula is C18H16N2O2. The van der Waals surface area contributed by atoms with E-state index in [4.69, 9.17) is 5.11 Å². The number of hydrogen-bond acceptors (Lipinski definition) is 2. The molecule has 22 heavy (non-hydrogen) atoms. The van der Waals surface area contributed by atoms with Crippen molar-refractivity contribution in [1.82, 2.24) is 9.97 Å². The fraction of sp³-hybridized carbons (Fsp3) is 0.111. The third kappa shape index (κ3) is 2.76. The van der Waals surface area contributed by atoms with Crippen molar-refractivity contribution in [2.45, 2.75) is 13.3 Å². The van der Waals surface area contributed by atoms with E-state index in [0.29, 0.717) is 5.82 Å². The van der Waals surface area contributed by atoms with E-state index in [1.54, 1.807) is 18.2 Å². The highest BCUT2D eigenvalue weighted by Gasteiger charge is 2.09. The first-order valence-electron chi connectivity index (χ1n) is 7.16. The Hall–Kier alpha value is -2.88. The monoisotopic (exact) mass is 292 g/mol. The molecule has 3 rings (SSSR count). The summed E-state index contributed by atoms with van der Waals surface area (Å²) in [5, 5.41) is 9.06. The summed E-state index contributed by atoms with van der Waals surface area (Å²) in [7, 11) is 0. The summed E-state index contributed by atoms with van der Waals surface area (Å²) in [6.07, 6.45) is 2.85. The van der Waals surface area contributed by atoms with E-state index in [9.17, 15) is 4.79 Å². The van der Waals surface area contributed by atoms with E-state index in [-0.39, 0.29) is 5.56 Å². The predicted octanol–water partition coefficient (Wildman–Crippen LogP) is 4.00.